The molecule has 3 aromatic rings. The summed E-state index contributed by atoms with van der Waals surface area (Å²) in [5.74, 6) is -0.504. The number of hydrogen-bond donors (Lipinski definition) is 1. The van der Waals surface area contributed by atoms with Gasteiger partial charge in [-0.15, -0.1) is 11.3 Å². The van der Waals surface area contributed by atoms with E-state index in [9.17, 15) is 18.0 Å². The Kier molecular flexibility index (Phi) is 3.99. The van der Waals surface area contributed by atoms with Gasteiger partial charge in [-0.2, -0.15) is 13.2 Å². The average Bonchev–Trinajstić information content (AvgIpc) is 2.95. The second kappa shape index (κ2) is 5.82. The normalized spacial score (nSPS) is 11.7. The van der Waals surface area contributed by atoms with Crippen LogP contribution in [0.1, 0.15) is 15.9 Å². The Morgan fingerprint density at radius 3 is 2.70 bits per heavy atom. The molecule has 1 amide bonds. The maximum atomic E-state index is 12.8. The number of fused-ring (bicyclic) bond motifs is 1. The van der Waals surface area contributed by atoms with E-state index in [1.807, 2.05) is 0 Å². The Bertz CT molecular complexity index is 892. The van der Waals surface area contributed by atoms with E-state index >= 15 is 0 Å². The Hall–Kier alpha value is -2.12. The van der Waals surface area contributed by atoms with Gasteiger partial charge in [0.1, 0.15) is 0 Å². The number of alkyl halides is 3. The van der Waals surface area contributed by atoms with Crippen LogP contribution in [0.25, 0.3) is 10.2 Å². The van der Waals surface area contributed by atoms with Crippen molar-refractivity contribution in [1.29, 1.82) is 0 Å². The zero-order chi connectivity index (χ0) is 16.6. The minimum absolute atomic E-state index is 0.0242. The van der Waals surface area contributed by atoms with E-state index in [1.165, 1.54) is 17.4 Å². The molecule has 8 heteroatoms. The van der Waals surface area contributed by atoms with Crippen molar-refractivity contribution in [1.82, 2.24) is 4.98 Å². The predicted molar refractivity (Wildman–Crippen MR) is 84.0 cm³/mol. The van der Waals surface area contributed by atoms with Gasteiger partial charge in [0.25, 0.3) is 5.91 Å². The fourth-order valence-corrected chi connectivity index (χ4v) is 2.96. The lowest BCUT2D eigenvalue weighted by molar-refractivity contribution is -0.137. The molecule has 0 saturated carbocycles. The first-order valence-corrected chi connectivity index (χ1v) is 7.62. The van der Waals surface area contributed by atoms with E-state index in [0.29, 0.717) is 5.56 Å². The van der Waals surface area contributed by atoms with Crippen molar-refractivity contribution >= 4 is 44.7 Å². The number of aromatic nitrogens is 1. The quantitative estimate of drug-likeness (QED) is 0.684. The molecule has 2 aromatic carbocycles. The van der Waals surface area contributed by atoms with E-state index in [-0.39, 0.29) is 5.69 Å². The van der Waals surface area contributed by atoms with Crippen LogP contribution in [0.5, 0.6) is 0 Å². The molecule has 0 aliphatic rings. The van der Waals surface area contributed by atoms with Crippen molar-refractivity contribution in [3.63, 3.8) is 0 Å². The van der Waals surface area contributed by atoms with Gasteiger partial charge in [0.15, 0.2) is 0 Å². The van der Waals surface area contributed by atoms with Gasteiger partial charge >= 0.3 is 6.18 Å². The fourth-order valence-electron chi connectivity index (χ4n) is 2.02. The molecule has 1 heterocycles. The molecule has 0 aliphatic carbocycles. The van der Waals surface area contributed by atoms with Crippen LogP contribution in [-0.4, -0.2) is 10.9 Å². The first-order chi connectivity index (χ1) is 10.8. The van der Waals surface area contributed by atoms with E-state index in [1.54, 1.807) is 23.7 Å². The molecule has 0 aliphatic heterocycles. The predicted octanol–water partition coefficient (Wildman–Crippen LogP) is 5.22. The zero-order valence-electron chi connectivity index (χ0n) is 11.3. The maximum Gasteiger partial charge on any atom is 0.417 e. The standard InChI is InChI=1S/C15H8ClF3N2OS/c16-11-3-2-9(6-10(11)15(17,18)19)21-14(22)8-1-4-12-13(5-8)23-7-20-12/h1-7H,(H,21,22). The summed E-state index contributed by atoms with van der Waals surface area (Å²) in [6.07, 6.45) is -4.58. The van der Waals surface area contributed by atoms with Gasteiger partial charge in [-0.05, 0) is 36.4 Å². The minimum Gasteiger partial charge on any atom is -0.322 e. The number of benzene rings is 2. The van der Waals surface area contributed by atoms with E-state index in [2.05, 4.69) is 10.3 Å². The molecular weight excluding hydrogens is 349 g/mol. The summed E-state index contributed by atoms with van der Waals surface area (Å²) in [6.45, 7) is 0. The smallest absolute Gasteiger partial charge is 0.322 e. The highest BCUT2D eigenvalue weighted by Crippen LogP contribution is 2.36. The molecule has 0 spiro atoms. The van der Waals surface area contributed by atoms with Crippen molar-refractivity contribution in [3.05, 3.63) is 58.1 Å². The van der Waals surface area contributed by atoms with Crippen LogP contribution in [0.2, 0.25) is 5.02 Å². The van der Waals surface area contributed by atoms with E-state index < -0.39 is 22.7 Å². The monoisotopic (exact) mass is 356 g/mol. The summed E-state index contributed by atoms with van der Waals surface area (Å²) < 4.78 is 39.3. The maximum absolute atomic E-state index is 12.8. The highest BCUT2D eigenvalue weighted by Gasteiger charge is 2.33. The molecule has 0 fully saturated rings. The Labute approximate surface area is 137 Å². The number of thiazole rings is 1. The van der Waals surface area contributed by atoms with Crippen LogP contribution in [0.3, 0.4) is 0 Å². The van der Waals surface area contributed by atoms with Crippen molar-refractivity contribution in [2.24, 2.45) is 0 Å². The molecule has 0 saturated heterocycles. The number of halogens is 4. The van der Waals surface area contributed by atoms with Gasteiger partial charge in [0.05, 0.1) is 26.3 Å². The largest absolute Gasteiger partial charge is 0.417 e. The van der Waals surface area contributed by atoms with Crippen LogP contribution in [0.4, 0.5) is 18.9 Å². The third kappa shape index (κ3) is 3.30. The topological polar surface area (TPSA) is 42.0 Å². The molecule has 3 rings (SSSR count). The molecule has 0 bridgehead atoms. The number of hydrogen-bond acceptors (Lipinski definition) is 3. The van der Waals surface area contributed by atoms with Gasteiger partial charge in [-0.1, -0.05) is 11.6 Å². The summed E-state index contributed by atoms with van der Waals surface area (Å²) >= 11 is 6.92. The van der Waals surface area contributed by atoms with Crippen molar-refractivity contribution in [2.75, 3.05) is 5.32 Å². The molecule has 1 aromatic heterocycles. The van der Waals surface area contributed by atoms with E-state index in [4.69, 9.17) is 11.6 Å². The van der Waals surface area contributed by atoms with Crippen LogP contribution in [0.15, 0.2) is 41.9 Å². The first kappa shape index (κ1) is 15.8. The molecule has 1 N–H and O–H groups in total. The Morgan fingerprint density at radius 2 is 1.96 bits per heavy atom. The molecule has 23 heavy (non-hydrogen) atoms. The van der Waals surface area contributed by atoms with Gasteiger partial charge in [0.2, 0.25) is 0 Å². The Morgan fingerprint density at radius 1 is 1.17 bits per heavy atom. The number of anilines is 1. The molecule has 3 nitrogen and oxygen atoms in total. The van der Waals surface area contributed by atoms with Gasteiger partial charge < -0.3 is 5.32 Å². The molecule has 118 valence electrons. The summed E-state index contributed by atoms with van der Waals surface area (Å²) in [7, 11) is 0. The lowest BCUT2D eigenvalue weighted by Crippen LogP contribution is -2.13. The number of carbonyl (C=O) groups excluding carboxylic acids is 1. The second-order valence-electron chi connectivity index (χ2n) is 4.68. The van der Waals surface area contributed by atoms with Gasteiger partial charge in [0, 0.05) is 11.3 Å². The summed E-state index contributed by atoms with van der Waals surface area (Å²) in [5, 5.41) is 2.03. The van der Waals surface area contributed by atoms with Crippen LogP contribution >= 0.6 is 22.9 Å². The number of rotatable bonds is 2. The number of nitrogens with zero attached hydrogens (tertiary/aromatic N) is 1. The fraction of sp³-hybridized carbons (Fsp3) is 0.0667. The highest BCUT2D eigenvalue weighted by atomic mass is 35.5. The zero-order valence-corrected chi connectivity index (χ0v) is 12.9. The van der Waals surface area contributed by atoms with Gasteiger partial charge in [-0.3, -0.25) is 4.79 Å². The second-order valence-corrected chi connectivity index (χ2v) is 5.97. The summed E-state index contributed by atoms with van der Waals surface area (Å²) in [4.78, 5) is 16.3. The van der Waals surface area contributed by atoms with Crippen molar-refractivity contribution < 1.29 is 18.0 Å². The number of amides is 1. The van der Waals surface area contributed by atoms with Gasteiger partial charge in [-0.25, -0.2) is 4.98 Å². The number of carbonyl (C=O) groups is 1. The van der Waals surface area contributed by atoms with Crippen molar-refractivity contribution in [2.45, 2.75) is 6.18 Å². The third-order valence-corrected chi connectivity index (χ3v) is 4.24. The SMILES string of the molecule is O=C(Nc1ccc(Cl)c(C(F)(F)F)c1)c1ccc2ncsc2c1. The highest BCUT2D eigenvalue weighted by molar-refractivity contribution is 7.16. The summed E-state index contributed by atoms with van der Waals surface area (Å²) in [6, 6.07) is 8.13. The minimum atomic E-state index is -4.58. The molecule has 0 atom stereocenters. The van der Waals surface area contributed by atoms with Crippen LogP contribution in [0, 0.1) is 0 Å². The van der Waals surface area contributed by atoms with Crippen LogP contribution in [-0.2, 0) is 6.18 Å². The van der Waals surface area contributed by atoms with Crippen molar-refractivity contribution in [3.8, 4) is 0 Å². The van der Waals surface area contributed by atoms with E-state index in [0.717, 1.165) is 22.3 Å². The lowest BCUT2D eigenvalue weighted by Gasteiger charge is -2.11. The first-order valence-electron chi connectivity index (χ1n) is 6.36. The molecule has 0 radical (unpaired) electrons. The molecule has 0 unspecified atom stereocenters. The summed E-state index contributed by atoms with van der Waals surface area (Å²) in [5.41, 5.74) is 1.79. The molecular formula is C15H8ClF3N2OS. The third-order valence-electron chi connectivity index (χ3n) is 3.12. The Balaban J connectivity index is 1.87. The number of nitrogens with one attached hydrogen (secondary N) is 1. The van der Waals surface area contributed by atoms with Crippen LogP contribution < -0.4 is 5.32 Å². The lowest BCUT2D eigenvalue weighted by atomic mass is 10.1. The average molecular weight is 357 g/mol.